The van der Waals surface area contributed by atoms with Crippen LogP contribution < -0.4 is 5.32 Å². The molecule has 0 aliphatic heterocycles. The van der Waals surface area contributed by atoms with Crippen LogP contribution in [0.1, 0.15) is 19.0 Å². The van der Waals surface area contributed by atoms with Crippen LogP contribution in [0.4, 0.5) is 5.82 Å². The Morgan fingerprint density at radius 2 is 2.20 bits per heavy atom. The van der Waals surface area contributed by atoms with Crippen molar-refractivity contribution in [2.24, 2.45) is 7.05 Å². The smallest absolute Gasteiger partial charge is 0.182 e. The van der Waals surface area contributed by atoms with E-state index in [1.54, 1.807) is 11.8 Å². The summed E-state index contributed by atoms with van der Waals surface area (Å²) in [6, 6.07) is 1.89. The molecule has 2 aromatic rings. The topological polar surface area (TPSA) is 64.9 Å². The van der Waals surface area contributed by atoms with Gasteiger partial charge in [0.05, 0.1) is 16.8 Å². The van der Waals surface area contributed by atoms with Crippen molar-refractivity contribution in [3.63, 3.8) is 0 Å². The molecule has 0 fully saturated rings. The van der Waals surface area contributed by atoms with E-state index in [0.29, 0.717) is 12.4 Å². The molecular weight excluding hydrogens is 322 g/mol. The quantitative estimate of drug-likeness (QED) is 0.876. The van der Waals surface area contributed by atoms with Gasteiger partial charge in [0.1, 0.15) is 11.5 Å². The second-order valence-electron chi connectivity index (χ2n) is 4.39. The number of rotatable bonds is 6. The summed E-state index contributed by atoms with van der Waals surface area (Å²) >= 11 is 3.53. The molecule has 0 unspecified atom stereocenters. The van der Waals surface area contributed by atoms with Crippen LogP contribution in [0.15, 0.2) is 16.7 Å². The van der Waals surface area contributed by atoms with Crippen LogP contribution in [0, 0.1) is 0 Å². The summed E-state index contributed by atoms with van der Waals surface area (Å²) in [5.41, 5.74) is 1.55. The molecule has 0 atom stereocenters. The summed E-state index contributed by atoms with van der Waals surface area (Å²) in [6.45, 7) is 3.38. The predicted molar refractivity (Wildman–Crippen MR) is 81.4 cm³/mol. The van der Waals surface area contributed by atoms with Crippen molar-refractivity contribution in [1.29, 1.82) is 0 Å². The lowest BCUT2D eigenvalue weighted by molar-refractivity contribution is 0.181. The number of aryl methyl sites for hydroxylation is 1. The molecule has 0 spiro atoms. The highest BCUT2D eigenvalue weighted by Crippen LogP contribution is 2.27. The number of nitrogens with one attached hydrogen (secondary N) is 1. The van der Waals surface area contributed by atoms with Crippen molar-refractivity contribution in [2.75, 3.05) is 19.0 Å². The lowest BCUT2D eigenvalue weighted by atomic mass is 10.3. The van der Waals surface area contributed by atoms with Gasteiger partial charge in [-0.15, -0.1) is 0 Å². The van der Waals surface area contributed by atoms with Crippen molar-refractivity contribution in [1.82, 2.24) is 19.7 Å². The molecule has 6 nitrogen and oxygen atoms in total. The first-order valence-corrected chi connectivity index (χ1v) is 7.24. The highest BCUT2D eigenvalue weighted by atomic mass is 79.9. The third kappa shape index (κ3) is 3.34. The summed E-state index contributed by atoms with van der Waals surface area (Å²) < 4.78 is 7.76. The van der Waals surface area contributed by atoms with Gasteiger partial charge in [-0.2, -0.15) is 5.10 Å². The normalized spacial score (nSPS) is 10.8. The molecule has 0 saturated heterocycles. The Hall–Kier alpha value is -1.47. The highest BCUT2D eigenvalue weighted by Gasteiger charge is 2.14. The predicted octanol–water partition coefficient (Wildman–Crippen LogP) is 2.61. The molecule has 0 saturated carbocycles. The van der Waals surface area contributed by atoms with Gasteiger partial charge in [-0.05, 0) is 28.4 Å². The van der Waals surface area contributed by atoms with E-state index in [1.807, 2.05) is 19.3 Å². The summed E-state index contributed by atoms with van der Waals surface area (Å²) in [7, 11) is 3.52. The molecule has 2 aromatic heterocycles. The van der Waals surface area contributed by atoms with Crippen LogP contribution in [0.5, 0.6) is 0 Å². The summed E-state index contributed by atoms with van der Waals surface area (Å²) in [5, 5.41) is 7.63. The number of hydrogen-bond donors (Lipinski definition) is 1. The lowest BCUT2D eigenvalue weighted by Crippen LogP contribution is -2.08. The molecule has 0 radical (unpaired) electrons. The number of ether oxygens (including phenoxy) is 1. The first-order valence-electron chi connectivity index (χ1n) is 6.45. The largest absolute Gasteiger partial charge is 0.378 e. The van der Waals surface area contributed by atoms with E-state index < -0.39 is 0 Å². The molecule has 0 amide bonds. The van der Waals surface area contributed by atoms with Gasteiger partial charge in [0.2, 0.25) is 0 Å². The maximum atomic E-state index is 5.19. The van der Waals surface area contributed by atoms with Gasteiger partial charge in [-0.25, -0.2) is 9.97 Å². The van der Waals surface area contributed by atoms with E-state index >= 15 is 0 Å². The van der Waals surface area contributed by atoms with E-state index in [-0.39, 0.29) is 0 Å². The number of halogens is 1. The minimum absolute atomic E-state index is 0.420. The van der Waals surface area contributed by atoms with Gasteiger partial charge >= 0.3 is 0 Å². The molecule has 0 aliphatic rings. The molecular formula is C13H18BrN5O. The molecule has 20 heavy (non-hydrogen) atoms. The molecule has 0 aromatic carbocycles. The van der Waals surface area contributed by atoms with Crippen LogP contribution in [-0.2, 0) is 18.4 Å². The van der Waals surface area contributed by atoms with Crippen LogP contribution in [-0.4, -0.2) is 33.4 Å². The molecule has 7 heteroatoms. The zero-order valence-electron chi connectivity index (χ0n) is 11.9. The van der Waals surface area contributed by atoms with Crippen molar-refractivity contribution < 1.29 is 4.74 Å². The summed E-state index contributed by atoms with van der Waals surface area (Å²) in [6.07, 6.45) is 2.89. The SMILES string of the molecule is CCCNc1nc(-c2ccn(C)n2)nc(COC)c1Br. The number of nitrogens with zero attached hydrogens (tertiary/aromatic N) is 4. The fraction of sp³-hybridized carbons (Fsp3) is 0.462. The lowest BCUT2D eigenvalue weighted by Gasteiger charge is -2.11. The first-order chi connectivity index (χ1) is 9.65. The van der Waals surface area contributed by atoms with Gasteiger partial charge in [-0.3, -0.25) is 4.68 Å². The standard InChI is InChI=1S/C13H18BrN5O/c1-4-6-15-13-11(14)10(8-20-3)16-12(17-13)9-5-7-19(2)18-9/h5,7H,4,6,8H2,1-3H3,(H,15,16,17). The van der Waals surface area contributed by atoms with Gasteiger partial charge in [-0.1, -0.05) is 6.92 Å². The van der Waals surface area contributed by atoms with E-state index in [1.165, 1.54) is 0 Å². The maximum absolute atomic E-state index is 5.19. The van der Waals surface area contributed by atoms with E-state index in [9.17, 15) is 0 Å². The molecule has 2 rings (SSSR count). The Morgan fingerprint density at radius 1 is 1.40 bits per heavy atom. The fourth-order valence-corrected chi connectivity index (χ4v) is 2.17. The van der Waals surface area contributed by atoms with Crippen LogP contribution >= 0.6 is 15.9 Å². The summed E-state index contributed by atoms with van der Waals surface area (Å²) in [4.78, 5) is 9.05. The van der Waals surface area contributed by atoms with Crippen molar-refractivity contribution >= 4 is 21.7 Å². The fourth-order valence-electron chi connectivity index (χ4n) is 1.74. The number of hydrogen-bond acceptors (Lipinski definition) is 5. The molecule has 2 heterocycles. The Kier molecular flexibility index (Phi) is 5.08. The monoisotopic (exact) mass is 339 g/mol. The zero-order valence-corrected chi connectivity index (χ0v) is 13.4. The maximum Gasteiger partial charge on any atom is 0.182 e. The van der Waals surface area contributed by atoms with Gasteiger partial charge in [0, 0.05) is 26.9 Å². The average molecular weight is 340 g/mol. The van der Waals surface area contributed by atoms with Crippen molar-refractivity contribution in [3.8, 4) is 11.5 Å². The minimum atomic E-state index is 0.420. The molecule has 0 bridgehead atoms. The number of anilines is 1. The van der Waals surface area contributed by atoms with E-state index in [2.05, 4.69) is 43.2 Å². The Morgan fingerprint density at radius 3 is 2.80 bits per heavy atom. The third-order valence-electron chi connectivity index (χ3n) is 2.69. The van der Waals surface area contributed by atoms with Crippen LogP contribution in [0.25, 0.3) is 11.5 Å². The van der Waals surface area contributed by atoms with Gasteiger partial charge in [0.25, 0.3) is 0 Å². The Balaban J connectivity index is 2.43. The van der Waals surface area contributed by atoms with Crippen molar-refractivity contribution in [2.45, 2.75) is 20.0 Å². The molecule has 108 valence electrons. The minimum Gasteiger partial charge on any atom is -0.378 e. The van der Waals surface area contributed by atoms with Crippen molar-refractivity contribution in [3.05, 3.63) is 22.4 Å². The third-order valence-corrected chi connectivity index (χ3v) is 3.52. The first kappa shape index (κ1) is 14.9. The molecule has 0 aliphatic carbocycles. The van der Waals surface area contributed by atoms with Gasteiger partial charge in [0.15, 0.2) is 5.82 Å². The number of aromatic nitrogens is 4. The number of methoxy groups -OCH3 is 1. The van der Waals surface area contributed by atoms with Gasteiger partial charge < -0.3 is 10.1 Å². The molecule has 1 N–H and O–H groups in total. The average Bonchev–Trinajstić information content (AvgIpc) is 2.86. The highest BCUT2D eigenvalue weighted by molar-refractivity contribution is 9.10. The second kappa shape index (κ2) is 6.81. The van der Waals surface area contributed by atoms with Crippen LogP contribution in [0.3, 0.4) is 0 Å². The zero-order chi connectivity index (χ0) is 14.5. The second-order valence-corrected chi connectivity index (χ2v) is 5.18. The van der Waals surface area contributed by atoms with Crippen LogP contribution in [0.2, 0.25) is 0 Å². The van der Waals surface area contributed by atoms with E-state index in [4.69, 9.17) is 4.74 Å². The van der Waals surface area contributed by atoms with E-state index in [0.717, 1.165) is 34.6 Å². The Bertz CT molecular complexity index is 584. The summed E-state index contributed by atoms with van der Waals surface area (Å²) in [5.74, 6) is 1.37. The Labute approximate surface area is 126 Å².